The molecule has 3 fully saturated rings. The van der Waals surface area contributed by atoms with Gasteiger partial charge in [-0.05, 0) is 78.3 Å². The van der Waals surface area contributed by atoms with Crippen LogP contribution in [0.4, 0.5) is 0 Å². The van der Waals surface area contributed by atoms with Gasteiger partial charge in [0.2, 0.25) is 0 Å². The van der Waals surface area contributed by atoms with Crippen molar-refractivity contribution in [2.75, 3.05) is 0 Å². The summed E-state index contributed by atoms with van der Waals surface area (Å²) in [6.45, 7) is 0. The fourth-order valence-electron chi connectivity index (χ4n) is 3.89. The molecule has 3 saturated carbocycles. The third kappa shape index (κ3) is 1.51. The van der Waals surface area contributed by atoms with Crippen LogP contribution in [0.15, 0.2) is 36.4 Å². The standard InChI is InChI=1S/C18H18/c1-2-4-16-13-17(6-5-15(16)3-1)18-10-7-14(8-11-18)9-12-18/h1,3-6,13H,7-12H2. The molecule has 0 heterocycles. The second kappa shape index (κ2) is 3.85. The molecule has 0 nitrogen and oxygen atoms in total. The Morgan fingerprint density at radius 2 is 1.67 bits per heavy atom. The van der Waals surface area contributed by atoms with Gasteiger partial charge in [0.1, 0.15) is 0 Å². The topological polar surface area (TPSA) is 0 Å². The third-order valence-corrected chi connectivity index (χ3v) is 5.17. The van der Waals surface area contributed by atoms with Crippen LogP contribution in [0, 0.1) is 12.0 Å². The molecule has 18 heavy (non-hydrogen) atoms. The second-order valence-electron chi connectivity index (χ2n) is 6.02. The molecule has 0 heteroatoms. The van der Waals surface area contributed by atoms with Crippen molar-refractivity contribution in [2.45, 2.75) is 43.9 Å². The average Bonchev–Trinajstić information content (AvgIpc) is 2.49. The van der Waals surface area contributed by atoms with Crippen molar-refractivity contribution in [1.29, 1.82) is 0 Å². The molecule has 2 radical (unpaired) electrons. The SMILES string of the molecule is [c]1ccc2ccc(C34CC[C](CC3)CC4)cc2c1. The quantitative estimate of drug-likeness (QED) is 0.663. The Morgan fingerprint density at radius 1 is 0.889 bits per heavy atom. The van der Waals surface area contributed by atoms with E-state index in [0.29, 0.717) is 5.41 Å². The maximum Gasteiger partial charge on any atom is -0.00461 e. The molecule has 0 saturated heterocycles. The summed E-state index contributed by atoms with van der Waals surface area (Å²) in [7, 11) is 0. The van der Waals surface area contributed by atoms with Crippen LogP contribution in [0.2, 0.25) is 0 Å². The summed E-state index contributed by atoms with van der Waals surface area (Å²) < 4.78 is 0. The molecular weight excluding hydrogens is 216 g/mol. The van der Waals surface area contributed by atoms with Gasteiger partial charge in [0.05, 0.1) is 0 Å². The molecular formula is C18H18. The highest BCUT2D eigenvalue weighted by atomic mass is 14.5. The summed E-state index contributed by atoms with van der Waals surface area (Å²) in [5, 5.41) is 2.69. The molecule has 2 bridgehead atoms. The Hall–Kier alpha value is -1.30. The number of rotatable bonds is 1. The van der Waals surface area contributed by atoms with Crippen LogP contribution in [0.1, 0.15) is 44.1 Å². The molecule has 2 aromatic rings. The fraction of sp³-hybridized carbons (Fsp3) is 0.389. The number of fused-ring (bicyclic) bond motifs is 4. The first-order valence-corrected chi connectivity index (χ1v) is 7.10. The Balaban J connectivity index is 1.81. The van der Waals surface area contributed by atoms with Gasteiger partial charge >= 0.3 is 0 Å². The molecule has 0 N–H and O–H groups in total. The van der Waals surface area contributed by atoms with Gasteiger partial charge < -0.3 is 0 Å². The first-order chi connectivity index (χ1) is 8.86. The lowest BCUT2D eigenvalue weighted by molar-refractivity contribution is 0.225. The maximum atomic E-state index is 3.20. The van der Waals surface area contributed by atoms with Crippen molar-refractivity contribution in [3.63, 3.8) is 0 Å². The smallest absolute Gasteiger partial charge is 0.00461 e. The minimum absolute atomic E-state index is 0.492. The van der Waals surface area contributed by atoms with Crippen LogP contribution in [0.5, 0.6) is 0 Å². The van der Waals surface area contributed by atoms with E-state index in [1.807, 2.05) is 12.0 Å². The van der Waals surface area contributed by atoms with Crippen LogP contribution in [0.3, 0.4) is 0 Å². The first-order valence-electron chi connectivity index (χ1n) is 7.10. The van der Waals surface area contributed by atoms with E-state index in [0.717, 1.165) is 0 Å². The predicted molar refractivity (Wildman–Crippen MR) is 75.4 cm³/mol. The minimum atomic E-state index is 0.492. The normalized spacial score (nSPS) is 22.4. The van der Waals surface area contributed by atoms with Gasteiger partial charge in [-0.3, -0.25) is 0 Å². The average molecular weight is 234 g/mol. The van der Waals surface area contributed by atoms with Crippen molar-refractivity contribution < 1.29 is 0 Å². The highest BCUT2D eigenvalue weighted by molar-refractivity contribution is 5.83. The maximum absolute atomic E-state index is 3.20. The van der Waals surface area contributed by atoms with E-state index < -0.39 is 0 Å². The van der Waals surface area contributed by atoms with Crippen LogP contribution in [0.25, 0.3) is 10.8 Å². The fourth-order valence-corrected chi connectivity index (χ4v) is 3.89. The van der Waals surface area contributed by atoms with Crippen molar-refractivity contribution >= 4 is 10.8 Å². The van der Waals surface area contributed by atoms with E-state index in [4.69, 9.17) is 0 Å². The molecule has 0 unspecified atom stereocenters. The molecule has 0 atom stereocenters. The van der Waals surface area contributed by atoms with Gasteiger partial charge in [0.25, 0.3) is 0 Å². The van der Waals surface area contributed by atoms with Crippen LogP contribution in [-0.2, 0) is 5.41 Å². The minimum Gasteiger partial charge on any atom is -0.0578 e. The van der Waals surface area contributed by atoms with E-state index >= 15 is 0 Å². The molecule has 0 aliphatic heterocycles. The Bertz CT molecular complexity index is 560. The van der Waals surface area contributed by atoms with Crippen molar-refractivity contribution in [3.05, 3.63) is 53.9 Å². The van der Waals surface area contributed by atoms with Crippen molar-refractivity contribution in [1.82, 2.24) is 0 Å². The third-order valence-electron chi connectivity index (χ3n) is 5.17. The van der Waals surface area contributed by atoms with E-state index in [-0.39, 0.29) is 0 Å². The van der Waals surface area contributed by atoms with Gasteiger partial charge in [0.15, 0.2) is 0 Å². The van der Waals surface area contributed by atoms with Gasteiger partial charge in [-0.15, -0.1) is 0 Å². The van der Waals surface area contributed by atoms with Crippen LogP contribution < -0.4 is 0 Å². The molecule has 5 rings (SSSR count). The van der Waals surface area contributed by atoms with Crippen molar-refractivity contribution in [3.8, 4) is 0 Å². The number of benzene rings is 2. The zero-order chi connectivity index (χ0) is 12.0. The monoisotopic (exact) mass is 234 g/mol. The van der Waals surface area contributed by atoms with Gasteiger partial charge in [-0.25, -0.2) is 0 Å². The Morgan fingerprint density at radius 3 is 2.44 bits per heavy atom. The molecule has 0 aromatic heterocycles. The summed E-state index contributed by atoms with van der Waals surface area (Å²) in [6, 6.07) is 16.6. The highest BCUT2D eigenvalue weighted by Gasteiger charge is 2.41. The summed E-state index contributed by atoms with van der Waals surface area (Å²) >= 11 is 0. The first kappa shape index (κ1) is 10.6. The Labute approximate surface area is 109 Å². The second-order valence-corrected chi connectivity index (χ2v) is 6.02. The number of hydrogen-bond donors (Lipinski definition) is 0. The predicted octanol–water partition coefficient (Wildman–Crippen LogP) is 4.82. The highest BCUT2D eigenvalue weighted by Crippen LogP contribution is 2.52. The summed E-state index contributed by atoms with van der Waals surface area (Å²) in [5.41, 5.74) is 2.07. The zero-order valence-electron chi connectivity index (χ0n) is 10.7. The largest absolute Gasteiger partial charge is 0.0578 e. The van der Waals surface area contributed by atoms with E-state index in [2.05, 4.69) is 36.4 Å². The van der Waals surface area contributed by atoms with E-state index in [9.17, 15) is 0 Å². The molecule has 0 spiro atoms. The van der Waals surface area contributed by atoms with Crippen molar-refractivity contribution in [2.24, 2.45) is 0 Å². The van der Waals surface area contributed by atoms with Gasteiger partial charge in [-0.2, -0.15) is 0 Å². The molecule has 2 aromatic carbocycles. The summed E-state index contributed by atoms with van der Waals surface area (Å²) in [5.74, 6) is 1.82. The zero-order valence-corrected chi connectivity index (χ0v) is 10.7. The molecule has 90 valence electrons. The van der Waals surface area contributed by atoms with Gasteiger partial charge in [0, 0.05) is 0 Å². The number of hydrogen-bond acceptors (Lipinski definition) is 0. The van der Waals surface area contributed by atoms with Crippen LogP contribution in [-0.4, -0.2) is 0 Å². The van der Waals surface area contributed by atoms with E-state index in [1.54, 1.807) is 5.56 Å². The summed E-state index contributed by atoms with van der Waals surface area (Å²) in [6.07, 6.45) is 8.26. The molecule has 3 aliphatic rings. The van der Waals surface area contributed by atoms with Gasteiger partial charge in [-0.1, -0.05) is 30.3 Å². The lowest BCUT2D eigenvalue weighted by atomic mass is 9.58. The summed E-state index contributed by atoms with van der Waals surface area (Å²) in [4.78, 5) is 0. The molecule has 3 aliphatic carbocycles. The molecule has 0 amide bonds. The van der Waals surface area contributed by atoms with E-state index in [1.165, 1.54) is 49.3 Å². The van der Waals surface area contributed by atoms with Crippen LogP contribution >= 0.6 is 0 Å². The lowest BCUT2D eigenvalue weighted by Crippen LogP contribution is -2.36. The Kier molecular flexibility index (Phi) is 2.27. The lowest BCUT2D eigenvalue weighted by Gasteiger charge is -2.46.